The van der Waals surface area contributed by atoms with Crippen molar-refractivity contribution in [3.63, 3.8) is 0 Å². The minimum atomic E-state index is -1.33. The summed E-state index contributed by atoms with van der Waals surface area (Å²) in [5.41, 5.74) is 0.485. The van der Waals surface area contributed by atoms with Crippen LogP contribution in [0.2, 0.25) is 0 Å². The number of carbonyl (C=O) groups excluding carboxylic acids is 1. The van der Waals surface area contributed by atoms with Crippen LogP contribution in [-0.2, 0) is 10.8 Å². The number of hydrogen-bond donors (Lipinski definition) is 0. The van der Waals surface area contributed by atoms with E-state index >= 15 is 0 Å². The molecule has 1 heterocycles. The number of rotatable bonds is 4. The normalized spacial score (nSPS) is 14.0. The number of carbonyl (C=O) groups is 1. The molecular weight excluding hydrogens is 276 g/mol. The summed E-state index contributed by atoms with van der Waals surface area (Å²) in [6, 6.07) is 14.0. The number of Topliss-reactive ketones (excluding diaryl/α,β-unsaturated/α-hetero) is 1. The maximum absolute atomic E-state index is 12.1. The third-order valence-corrected chi connectivity index (χ3v) is 4.29. The molecule has 1 aliphatic heterocycles. The van der Waals surface area contributed by atoms with Crippen LogP contribution < -0.4 is 9.47 Å². The summed E-state index contributed by atoms with van der Waals surface area (Å²) < 4.78 is 22.5. The van der Waals surface area contributed by atoms with Gasteiger partial charge in [-0.05, 0) is 30.3 Å². The lowest BCUT2D eigenvalue weighted by atomic mass is 10.1. The third-order valence-electron chi connectivity index (χ3n) is 2.96. The molecule has 102 valence electrons. The van der Waals surface area contributed by atoms with E-state index in [1.807, 2.05) is 6.07 Å². The molecule has 0 fully saturated rings. The quantitative estimate of drug-likeness (QED) is 0.811. The molecule has 0 saturated carbocycles. The number of ether oxygens (including phenoxy) is 2. The fourth-order valence-corrected chi connectivity index (χ4v) is 2.96. The Balaban J connectivity index is 1.75. The lowest BCUT2D eigenvalue weighted by Crippen LogP contribution is -2.11. The van der Waals surface area contributed by atoms with Gasteiger partial charge in [-0.15, -0.1) is 0 Å². The average Bonchev–Trinajstić information content (AvgIpc) is 2.95. The first-order valence-corrected chi connectivity index (χ1v) is 7.42. The van der Waals surface area contributed by atoms with Gasteiger partial charge in [-0.1, -0.05) is 18.2 Å². The van der Waals surface area contributed by atoms with E-state index in [0.29, 0.717) is 22.0 Å². The smallest absolute Gasteiger partial charge is 0.231 e. The second-order valence-electron chi connectivity index (χ2n) is 4.29. The van der Waals surface area contributed by atoms with Gasteiger partial charge in [0.2, 0.25) is 6.79 Å². The molecule has 2 aromatic carbocycles. The van der Waals surface area contributed by atoms with Crippen LogP contribution in [0.3, 0.4) is 0 Å². The van der Waals surface area contributed by atoms with Crippen LogP contribution in [0.5, 0.6) is 11.5 Å². The van der Waals surface area contributed by atoms with Crippen LogP contribution >= 0.6 is 0 Å². The maximum Gasteiger partial charge on any atom is 0.231 e. The van der Waals surface area contributed by atoms with Crippen LogP contribution in [0, 0.1) is 0 Å². The SMILES string of the molecule is O=C(CS(=O)c1ccccc1)c1ccc2c(c1)OCO2. The topological polar surface area (TPSA) is 52.6 Å². The first-order chi connectivity index (χ1) is 9.74. The van der Waals surface area contributed by atoms with Crippen molar-refractivity contribution < 1.29 is 18.5 Å². The van der Waals surface area contributed by atoms with Gasteiger partial charge >= 0.3 is 0 Å². The summed E-state index contributed by atoms with van der Waals surface area (Å²) >= 11 is 0. The molecule has 5 heteroatoms. The number of benzene rings is 2. The molecule has 0 N–H and O–H groups in total. The van der Waals surface area contributed by atoms with Crippen LogP contribution in [0.4, 0.5) is 0 Å². The van der Waals surface area contributed by atoms with E-state index < -0.39 is 10.8 Å². The van der Waals surface area contributed by atoms with E-state index in [2.05, 4.69) is 0 Å². The molecule has 1 unspecified atom stereocenters. The minimum absolute atomic E-state index is 0.0380. The van der Waals surface area contributed by atoms with Gasteiger partial charge in [0.05, 0.1) is 16.6 Å². The highest BCUT2D eigenvalue weighted by atomic mass is 32.2. The van der Waals surface area contributed by atoms with Crippen molar-refractivity contribution in [1.82, 2.24) is 0 Å². The molecule has 1 atom stereocenters. The van der Waals surface area contributed by atoms with E-state index in [4.69, 9.17) is 9.47 Å². The van der Waals surface area contributed by atoms with Gasteiger partial charge < -0.3 is 9.47 Å². The van der Waals surface area contributed by atoms with Crippen LogP contribution in [0.15, 0.2) is 53.4 Å². The van der Waals surface area contributed by atoms with Crippen LogP contribution in [0.25, 0.3) is 0 Å². The number of fused-ring (bicyclic) bond motifs is 1. The van der Waals surface area contributed by atoms with Gasteiger partial charge in [0, 0.05) is 10.5 Å². The molecule has 2 aromatic rings. The number of hydrogen-bond acceptors (Lipinski definition) is 4. The van der Waals surface area contributed by atoms with E-state index in [1.165, 1.54) is 0 Å². The summed E-state index contributed by atoms with van der Waals surface area (Å²) in [5, 5.41) is 0. The van der Waals surface area contributed by atoms with E-state index in [-0.39, 0.29) is 18.3 Å². The lowest BCUT2D eigenvalue weighted by molar-refractivity contribution is 0.102. The van der Waals surface area contributed by atoms with Crippen LogP contribution in [-0.4, -0.2) is 22.5 Å². The Hall–Kier alpha value is -2.14. The Kier molecular flexibility index (Phi) is 3.52. The van der Waals surface area contributed by atoms with Gasteiger partial charge in [0.25, 0.3) is 0 Å². The molecular formula is C15H12O4S. The van der Waals surface area contributed by atoms with E-state index in [9.17, 15) is 9.00 Å². The van der Waals surface area contributed by atoms with Gasteiger partial charge in [0.15, 0.2) is 17.3 Å². The van der Waals surface area contributed by atoms with E-state index in [0.717, 1.165) is 0 Å². The Labute approximate surface area is 118 Å². The molecule has 0 aromatic heterocycles. The third kappa shape index (κ3) is 2.58. The van der Waals surface area contributed by atoms with Crippen molar-refractivity contribution in [3.8, 4) is 11.5 Å². The van der Waals surface area contributed by atoms with Crippen molar-refractivity contribution in [2.24, 2.45) is 0 Å². The van der Waals surface area contributed by atoms with Crippen molar-refractivity contribution >= 4 is 16.6 Å². The standard InChI is InChI=1S/C15H12O4S/c16-13(9-20(17)12-4-2-1-3-5-12)11-6-7-14-15(8-11)19-10-18-14/h1-8H,9-10H2. The zero-order chi connectivity index (χ0) is 13.9. The largest absolute Gasteiger partial charge is 0.454 e. The molecule has 3 rings (SSSR count). The first kappa shape index (κ1) is 12.9. The monoisotopic (exact) mass is 288 g/mol. The van der Waals surface area contributed by atoms with Gasteiger partial charge in [-0.2, -0.15) is 0 Å². The molecule has 20 heavy (non-hydrogen) atoms. The summed E-state index contributed by atoms with van der Waals surface area (Å²) in [4.78, 5) is 12.8. The highest BCUT2D eigenvalue weighted by molar-refractivity contribution is 7.85. The predicted octanol–water partition coefficient (Wildman–Crippen LogP) is 2.41. The van der Waals surface area contributed by atoms with Gasteiger partial charge in [0.1, 0.15) is 0 Å². The zero-order valence-electron chi connectivity index (χ0n) is 10.6. The van der Waals surface area contributed by atoms with Crippen molar-refractivity contribution in [2.45, 2.75) is 4.90 Å². The minimum Gasteiger partial charge on any atom is -0.454 e. The highest BCUT2D eigenvalue weighted by Gasteiger charge is 2.18. The molecule has 0 saturated heterocycles. The molecule has 0 radical (unpaired) electrons. The van der Waals surface area contributed by atoms with Gasteiger partial charge in [-0.25, -0.2) is 0 Å². The molecule has 0 amide bonds. The first-order valence-electron chi connectivity index (χ1n) is 6.10. The Morgan fingerprint density at radius 2 is 1.80 bits per heavy atom. The summed E-state index contributed by atoms with van der Waals surface area (Å²) in [6.07, 6.45) is 0. The molecule has 0 bridgehead atoms. The fraction of sp³-hybridized carbons (Fsp3) is 0.133. The van der Waals surface area contributed by atoms with Crippen molar-refractivity contribution in [3.05, 3.63) is 54.1 Å². The second kappa shape index (κ2) is 5.46. The summed E-state index contributed by atoms with van der Waals surface area (Å²) in [7, 11) is -1.33. The summed E-state index contributed by atoms with van der Waals surface area (Å²) in [6.45, 7) is 0.170. The molecule has 0 spiro atoms. The predicted molar refractivity (Wildman–Crippen MR) is 74.6 cm³/mol. The van der Waals surface area contributed by atoms with Gasteiger partial charge in [-0.3, -0.25) is 9.00 Å². The Morgan fingerprint density at radius 3 is 2.60 bits per heavy atom. The molecule has 1 aliphatic rings. The highest BCUT2D eigenvalue weighted by Crippen LogP contribution is 2.32. The fourth-order valence-electron chi connectivity index (χ4n) is 1.93. The average molecular weight is 288 g/mol. The zero-order valence-corrected chi connectivity index (χ0v) is 11.4. The second-order valence-corrected chi connectivity index (χ2v) is 5.75. The van der Waals surface area contributed by atoms with E-state index in [1.54, 1.807) is 42.5 Å². The molecule has 0 aliphatic carbocycles. The van der Waals surface area contributed by atoms with Crippen LogP contribution in [0.1, 0.15) is 10.4 Å². The van der Waals surface area contributed by atoms with Crippen molar-refractivity contribution in [1.29, 1.82) is 0 Å². The lowest BCUT2D eigenvalue weighted by Gasteiger charge is -2.03. The number of ketones is 1. The Bertz CT molecular complexity index is 667. The molecule has 4 nitrogen and oxygen atoms in total. The van der Waals surface area contributed by atoms with Crippen molar-refractivity contribution in [2.75, 3.05) is 12.5 Å². The maximum atomic E-state index is 12.1. The summed E-state index contributed by atoms with van der Waals surface area (Å²) in [5.74, 6) is 0.974. The Morgan fingerprint density at radius 1 is 1.05 bits per heavy atom.